The molecule has 1 aromatic heterocycles. The van der Waals surface area contributed by atoms with Gasteiger partial charge in [-0.2, -0.15) is 0 Å². The van der Waals surface area contributed by atoms with E-state index in [9.17, 15) is 4.39 Å². The summed E-state index contributed by atoms with van der Waals surface area (Å²) < 4.78 is 13.6. The van der Waals surface area contributed by atoms with Crippen LogP contribution in [0.1, 0.15) is 5.56 Å². The predicted molar refractivity (Wildman–Crippen MR) is 68.6 cm³/mol. The number of aryl methyl sites for hydroxylation is 1. The molecule has 0 saturated heterocycles. The van der Waals surface area contributed by atoms with Crippen LogP contribution >= 0.6 is 15.9 Å². The van der Waals surface area contributed by atoms with E-state index in [0.29, 0.717) is 16.1 Å². The zero-order chi connectivity index (χ0) is 12.4. The largest absolute Gasteiger partial charge is 0.382 e. The summed E-state index contributed by atoms with van der Waals surface area (Å²) in [6.45, 7) is 1.81. The lowest BCUT2D eigenvalue weighted by Crippen LogP contribution is -1.99. The van der Waals surface area contributed by atoms with Crippen LogP contribution in [0.2, 0.25) is 0 Å². The van der Waals surface area contributed by atoms with Crippen molar-refractivity contribution in [1.82, 2.24) is 9.97 Å². The predicted octanol–water partition coefficient (Wildman–Crippen LogP) is 3.01. The van der Waals surface area contributed by atoms with Crippen molar-refractivity contribution < 1.29 is 4.39 Å². The van der Waals surface area contributed by atoms with Crippen LogP contribution in [0, 0.1) is 12.7 Å². The molecule has 0 amide bonds. The van der Waals surface area contributed by atoms with Crippen molar-refractivity contribution in [2.45, 2.75) is 6.92 Å². The van der Waals surface area contributed by atoms with E-state index >= 15 is 0 Å². The van der Waals surface area contributed by atoms with Crippen LogP contribution in [0.5, 0.6) is 0 Å². The molecule has 88 valence electrons. The highest BCUT2D eigenvalue weighted by Gasteiger charge is 2.06. The number of hydrogen-bond donors (Lipinski definition) is 2. The smallest absolute Gasteiger partial charge is 0.149 e. The fourth-order valence-electron chi connectivity index (χ4n) is 1.32. The van der Waals surface area contributed by atoms with Gasteiger partial charge >= 0.3 is 0 Å². The Hall–Kier alpha value is -1.69. The molecular formula is C11H10BrFN4. The summed E-state index contributed by atoms with van der Waals surface area (Å²) in [7, 11) is 0. The second-order valence-electron chi connectivity index (χ2n) is 3.53. The molecule has 1 heterocycles. The van der Waals surface area contributed by atoms with Crippen LogP contribution in [-0.4, -0.2) is 9.97 Å². The molecule has 6 heteroatoms. The number of nitrogens with one attached hydrogen (secondary N) is 1. The van der Waals surface area contributed by atoms with Gasteiger partial charge in [-0.3, -0.25) is 0 Å². The summed E-state index contributed by atoms with van der Waals surface area (Å²) in [5.74, 6) is 0.616. The highest BCUT2D eigenvalue weighted by atomic mass is 79.9. The van der Waals surface area contributed by atoms with Crippen LogP contribution in [0.25, 0.3) is 0 Å². The van der Waals surface area contributed by atoms with Gasteiger partial charge in [-0.15, -0.1) is 0 Å². The summed E-state index contributed by atoms with van der Waals surface area (Å²) in [4.78, 5) is 7.97. The summed E-state index contributed by atoms with van der Waals surface area (Å²) >= 11 is 3.13. The SMILES string of the molecule is Cc1cc(F)c(Br)cc1Nc1cnc(N)cn1. The molecule has 0 radical (unpaired) electrons. The van der Waals surface area contributed by atoms with Crippen LogP contribution in [-0.2, 0) is 0 Å². The Morgan fingerprint density at radius 3 is 2.71 bits per heavy atom. The summed E-state index contributed by atoms with van der Waals surface area (Å²) in [5, 5.41) is 3.04. The van der Waals surface area contributed by atoms with E-state index in [0.717, 1.165) is 11.3 Å². The number of hydrogen-bond acceptors (Lipinski definition) is 4. The van der Waals surface area contributed by atoms with Crippen molar-refractivity contribution in [2.75, 3.05) is 11.1 Å². The van der Waals surface area contributed by atoms with Gasteiger partial charge in [-0.1, -0.05) is 0 Å². The molecular weight excluding hydrogens is 287 g/mol. The van der Waals surface area contributed by atoms with Crippen LogP contribution in [0.3, 0.4) is 0 Å². The molecule has 0 aliphatic carbocycles. The first-order valence-electron chi connectivity index (χ1n) is 4.86. The molecule has 3 N–H and O–H groups in total. The molecule has 4 nitrogen and oxygen atoms in total. The molecule has 0 unspecified atom stereocenters. The second-order valence-corrected chi connectivity index (χ2v) is 4.39. The topological polar surface area (TPSA) is 63.8 Å². The summed E-state index contributed by atoms with van der Waals surface area (Å²) in [6.07, 6.45) is 2.97. The normalized spacial score (nSPS) is 10.3. The first-order chi connectivity index (χ1) is 8.06. The van der Waals surface area contributed by atoms with Crippen LogP contribution < -0.4 is 11.1 Å². The number of rotatable bonds is 2. The third-order valence-electron chi connectivity index (χ3n) is 2.20. The molecule has 1 aromatic carbocycles. The van der Waals surface area contributed by atoms with Gasteiger partial charge < -0.3 is 11.1 Å². The minimum Gasteiger partial charge on any atom is -0.382 e. The first kappa shape index (κ1) is 11.8. The maximum atomic E-state index is 13.2. The fourth-order valence-corrected chi connectivity index (χ4v) is 1.66. The zero-order valence-electron chi connectivity index (χ0n) is 9.04. The molecule has 2 rings (SSSR count). The summed E-state index contributed by atoms with van der Waals surface area (Å²) in [6, 6.07) is 3.10. The highest BCUT2D eigenvalue weighted by molar-refractivity contribution is 9.10. The van der Waals surface area contributed by atoms with Gasteiger partial charge in [0.25, 0.3) is 0 Å². The maximum absolute atomic E-state index is 13.2. The van der Waals surface area contributed by atoms with Crippen LogP contribution in [0.15, 0.2) is 29.0 Å². The van der Waals surface area contributed by atoms with Gasteiger partial charge in [0.15, 0.2) is 0 Å². The molecule has 0 bridgehead atoms. The number of nitrogen functional groups attached to an aromatic ring is 1. The average Bonchev–Trinajstić information content (AvgIpc) is 2.29. The molecule has 0 spiro atoms. The molecule has 17 heavy (non-hydrogen) atoms. The molecule has 2 aromatic rings. The van der Waals surface area contributed by atoms with E-state index in [2.05, 4.69) is 31.2 Å². The van der Waals surface area contributed by atoms with Gasteiger partial charge in [0, 0.05) is 5.69 Å². The zero-order valence-corrected chi connectivity index (χ0v) is 10.6. The van der Waals surface area contributed by atoms with Crippen LogP contribution in [0.4, 0.5) is 21.7 Å². The maximum Gasteiger partial charge on any atom is 0.149 e. The third kappa shape index (κ3) is 2.71. The number of anilines is 3. The number of halogens is 2. The van der Waals surface area contributed by atoms with E-state index < -0.39 is 0 Å². The summed E-state index contributed by atoms with van der Waals surface area (Å²) in [5.41, 5.74) is 6.98. The van der Waals surface area contributed by atoms with Crippen molar-refractivity contribution >= 4 is 33.3 Å². The fraction of sp³-hybridized carbons (Fsp3) is 0.0909. The Morgan fingerprint density at radius 1 is 1.29 bits per heavy atom. The Balaban J connectivity index is 2.30. The van der Waals surface area contributed by atoms with Crippen molar-refractivity contribution in [1.29, 1.82) is 0 Å². The van der Waals surface area contributed by atoms with E-state index in [1.807, 2.05) is 6.92 Å². The van der Waals surface area contributed by atoms with Gasteiger partial charge in [0.2, 0.25) is 0 Å². The average molecular weight is 297 g/mol. The van der Waals surface area contributed by atoms with E-state index in [1.54, 1.807) is 6.07 Å². The van der Waals surface area contributed by atoms with Gasteiger partial charge in [-0.05, 0) is 40.5 Å². The highest BCUT2D eigenvalue weighted by Crippen LogP contribution is 2.26. The quantitative estimate of drug-likeness (QED) is 0.894. The van der Waals surface area contributed by atoms with Gasteiger partial charge in [0.05, 0.1) is 16.9 Å². The Morgan fingerprint density at radius 2 is 2.06 bits per heavy atom. The lowest BCUT2D eigenvalue weighted by atomic mass is 10.2. The molecule has 0 atom stereocenters. The van der Waals surface area contributed by atoms with E-state index in [4.69, 9.17) is 5.73 Å². The van der Waals surface area contributed by atoms with Crippen molar-refractivity contribution in [3.63, 3.8) is 0 Å². The second kappa shape index (κ2) is 4.67. The lowest BCUT2D eigenvalue weighted by molar-refractivity contribution is 0.620. The van der Waals surface area contributed by atoms with Crippen molar-refractivity contribution in [3.8, 4) is 0 Å². The van der Waals surface area contributed by atoms with Gasteiger partial charge in [0.1, 0.15) is 17.5 Å². The molecule has 0 fully saturated rings. The molecule has 0 aliphatic heterocycles. The third-order valence-corrected chi connectivity index (χ3v) is 2.81. The van der Waals surface area contributed by atoms with Crippen molar-refractivity contribution in [2.24, 2.45) is 0 Å². The number of benzene rings is 1. The molecule has 0 saturated carbocycles. The number of nitrogens with two attached hydrogens (primary N) is 1. The van der Waals surface area contributed by atoms with Crippen molar-refractivity contribution in [3.05, 3.63) is 40.4 Å². The Labute approximate surface area is 106 Å². The first-order valence-corrected chi connectivity index (χ1v) is 5.66. The van der Waals surface area contributed by atoms with E-state index in [-0.39, 0.29) is 5.82 Å². The number of aromatic nitrogens is 2. The molecule has 0 aliphatic rings. The number of nitrogens with zero attached hydrogens (tertiary/aromatic N) is 2. The monoisotopic (exact) mass is 296 g/mol. The Kier molecular flexibility index (Phi) is 3.23. The van der Waals surface area contributed by atoms with Gasteiger partial charge in [-0.25, -0.2) is 14.4 Å². The standard InChI is InChI=1S/C11H10BrFN4/c1-6-2-8(13)7(12)3-9(6)17-11-5-15-10(14)4-16-11/h2-5H,1H3,(H2,14,15)(H,16,17). The minimum atomic E-state index is -0.295. The van der Waals surface area contributed by atoms with E-state index in [1.165, 1.54) is 18.5 Å². The minimum absolute atomic E-state index is 0.295. The lowest BCUT2D eigenvalue weighted by Gasteiger charge is -2.09. The Bertz CT molecular complexity index is 542.